The highest BCUT2D eigenvalue weighted by Gasteiger charge is 2.35. The molecule has 0 saturated heterocycles. The van der Waals surface area contributed by atoms with E-state index in [1.54, 1.807) is 11.1 Å². The van der Waals surface area contributed by atoms with Crippen LogP contribution < -0.4 is 10.2 Å². The van der Waals surface area contributed by atoms with Crippen LogP contribution in [0.4, 0.5) is 5.69 Å². The van der Waals surface area contributed by atoms with Crippen LogP contribution in [-0.2, 0) is 4.79 Å². The average Bonchev–Trinajstić information content (AvgIpc) is 3.42. The van der Waals surface area contributed by atoms with Gasteiger partial charge in [-0.3, -0.25) is 19.5 Å². The van der Waals surface area contributed by atoms with Crippen molar-refractivity contribution >= 4 is 39.7 Å². The number of hydrogen-bond donors (Lipinski definition) is 1. The highest BCUT2D eigenvalue weighted by atomic mass is 32.1. The van der Waals surface area contributed by atoms with Gasteiger partial charge in [-0.25, -0.2) is 0 Å². The van der Waals surface area contributed by atoms with Gasteiger partial charge in [-0.2, -0.15) is 0 Å². The van der Waals surface area contributed by atoms with Gasteiger partial charge in [0.15, 0.2) is 0 Å². The summed E-state index contributed by atoms with van der Waals surface area (Å²) in [5.41, 5.74) is 3.36. The molecule has 0 spiro atoms. The molecule has 5 nitrogen and oxygen atoms in total. The summed E-state index contributed by atoms with van der Waals surface area (Å²) < 4.78 is 0. The van der Waals surface area contributed by atoms with Crippen LogP contribution in [0.3, 0.4) is 0 Å². The van der Waals surface area contributed by atoms with Gasteiger partial charge < -0.3 is 5.32 Å². The minimum Gasteiger partial charge on any atom is -0.351 e. The Morgan fingerprint density at radius 3 is 2.63 bits per heavy atom. The molecular weight excluding hydrogens is 454 g/mol. The van der Waals surface area contributed by atoms with Gasteiger partial charge in [-0.05, 0) is 72.7 Å². The lowest BCUT2D eigenvalue weighted by atomic mass is 9.94. The van der Waals surface area contributed by atoms with Crippen molar-refractivity contribution in [2.75, 3.05) is 4.90 Å². The molecule has 2 heterocycles. The SMILES string of the molecule is Cc1cccc(N(C(=O)c2cccs2)[C@H](C(=O)NC2CCCCC2)c2ccc3ncccc3c2)c1. The molecule has 0 aliphatic heterocycles. The van der Waals surface area contributed by atoms with Crippen LogP contribution in [0.25, 0.3) is 10.9 Å². The lowest BCUT2D eigenvalue weighted by molar-refractivity contribution is -0.123. The fourth-order valence-electron chi connectivity index (χ4n) is 4.89. The van der Waals surface area contributed by atoms with Gasteiger partial charge in [0.25, 0.3) is 5.91 Å². The van der Waals surface area contributed by atoms with E-state index >= 15 is 0 Å². The summed E-state index contributed by atoms with van der Waals surface area (Å²) in [5.74, 6) is -0.327. The molecule has 2 amide bonds. The number of nitrogens with zero attached hydrogens (tertiary/aromatic N) is 2. The van der Waals surface area contributed by atoms with Crippen molar-refractivity contribution in [3.63, 3.8) is 0 Å². The molecule has 178 valence electrons. The first-order valence-electron chi connectivity index (χ1n) is 12.2. The van der Waals surface area contributed by atoms with E-state index < -0.39 is 6.04 Å². The number of nitrogens with one attached hydrogen (secondary N) is 1. The van der Waals surface area contributed by atoms with Crippen molar-refractivity contribution in [2.45, 2.75) is 51.1 Å². The number of aromatic nitrogens is 1. The van der Waals surface area contributed by atoms with E-state index in [9.17, 15) is 9.59 Å². The Balaban J connectivity index is 1.63. The maximum absolute atomic E-state index is 14.0. The molecule has 1 fully saturated rings. The van der Waals surface area contributed by atoms with E-state index in [-0.39, 0.29) is 17.9 Å². The number of aryl methyl sites for hydroxylation is 1. The molecule has 4 aromatic rings. The van der Waals surface area contributed by atoms with Gasteiger partial charge in [-0.1, -0.05) is 49.6 Å². The number of anilines is 1. The van der Waals surface area contributed by atoms with Gasteiger partial charge in [0, 0.05) is 23.3 Å². The Kier molecular flexibility index (Phi) is 6.91. The molecule has 1 atom stereocenters. The number of thiophene rings is 1. The first kappa shape index (κ1) is 23.2. The molecule has 1 N–H and O–H groups in total. The summed E-state index contributed by atoms with van der Waals surface area (Å²) in [5, 5.41) is 6.11. The maximum Gasteiger partial charge on any atom is 0.269 e. The standard InChI is InChI=1S/C29H29N3O2S/c1-20-8-5-12-24(18-20)32(29(34)26-13-7-17-35-26)27(28(33)31-23-10-3-2-4-11-23)22-14-15-25-21(19-22)9-6-16-30-25/h5-9,12-19,23,27H,2-4,10-11H2,1H3,(H,31,33)/t27-/m0/s1. The third-order valence-corrected chi connectivity index (χ3v) is 7.49. The van der Waals surface area contributed by atoms with Crippen molar-refractivity contribution in [3.8, 4) is 0 Å². The highest BCUT2D eigenvalue weighted by Crippen LogP contribution is 2.33. The number of carbonyl (C=O) groups is 2. The molecule has 6 heteroatoms. The van der Waals surface area contributed by atoms with Crippen molar-refractivity contribution in [1.82, 2.24) is 10.3 Å². The van der Waals surface area contributed by atoms with Crippen molar-refractivity contribution in [2.24, 2.45) is 0 Å². The van der Waals surface area contributed by atoms with Crippen LogP contribution in [-0.4, -0.2) is 22.8 Å². The smallest absolute Gasteiger partial charge is 0.269 e. The summed E-state index contributed by atoms with van der Waals surface area (Å²) >= 11 is 1.39. The van der Waals surface area contributed by atoms with Crippen LogP contribution in [0.15, 0.2) is 78.3 Å². The van der Waals surface area contributed by atoms with Crippen LogP contribution in [0.1, 0.15) is 58.9 Å². The summed E-state index contributed by atoms with van der Waals surface area (Å²) in [6.07, 6.45) is 7.15. The first-order chi connectivity index (χ1) is 17.1. The zero-order chi connectivity index (χ0) is 24.2. The lowest BCUT2D eigenvalue weighted by Crippen LogP contribution is -2.47. The lowest BCUT2D eigenvalue weighted by Gasteiger charge is -2.33. The fourth-order valence-corrected chi connectivity index (χ4v) is 5.55. The maximum atomic E-state index is 14.0. The Hall–Kier alpha value is -3.51. The number of carbonyl (C=O) groups excluding carboxylic acids is 2. The van der Waals surface area contributed by atoms with E-state index in [0.29, 0.717) is 10.6 Å². The number of benzene rings is 2. The third-order valence-electron chi connectivity index (χ3n) is 6.63. The predicted molar refractivity (Wildman–Crippen MR) is 142 cm³/mol. The largest absolute Gasteiger partial charge is 0.351 e. The quantitative estimate of drug-likeness (QED) is 0.343. The van der Waals surface area contributed by atoms with E-state index in [2.05, 4.69) is 10.3 Å². The van der Waals surface area contributed by atoms with Gasteiger partial charge in [0.05, 0.1) is 10.4 Å². The second-order valence-corrected chi connectivity index (χ2v) is 10.1. The second-order valence-electron chi connectivity index (χ2n) is 9.19. The number of fused-ring (bicyclic) bond motifs is 1. The second kappa shape index (κ2) is 10.4. The van der Waals surface area contributed by atoms with Crippen molar-refractivity contribution in [1.29, 1.82) is 0 Å². The normalized spacial score (nSPS) is 15.0. The van der Waals surface area contributed by atoms with Crippen LogP contribution >= 0.6 is 11.3 Å². The zero-order valence-corrected chi connectivity index (χ0v) is 20.6. The summed E-state index contributed by atoms with van der Waals surface area (Å²) in [7, 11) is 0. The third kappa shape index (κ3) is 5.13. The topological polar surface area (TPSA) is 62.3 Å². The molecule has 5 rings (SSSR count). The Bertz CT molecular complexity index is 1330. The van der Waals surface area contributed by atoms with Crippen molar-refractivity contribution < 1.29 is 9.59 Å². The van der Waals surface area contributed by atoms with E-state index in [1.807, 2.05) is 79.0 Å². The van der Waals surface area contributed by atoms with Gasteiger partial charge >= 0.3 is 0 Å². The first-order valence-corrected chi connectivity index (χ1v) is 13.1. The minimum atomic E-state index is -0.807. The van der Waals surface area contributed by atoms with Gasteiger partial charge in [0.1, 0.15) is 6.04 Å². The Morgan fingerprint density at radius 1 is 1.00 bits per heavy atom. The Morgan fingerprint density at radius 2 is 1.86 bits per heavy atom. The van der Waals surface area contributed by atoms with Crippen LogP contribution in [0.2, 0.25) is 0 Å². The molecular formula is C29H29N3O2S. The molecule has 2 aromatic carbocycles. The molecule has 1 saturated carbocycles. The summed E-state index contributed by atoms with van der Waals surface area (Å²) in [6, 6.07) is 20.5. The van der Waals surface area contributed by atoms with Crippen molar-refractivity contribution in [3.05, 3.63) is 94.3 Å². The fraction of sp³-hybridized carbons (Fsp3) is 0.276. The molecule has 0 bridgehead atoms. The van der Waals surface area contributed by atoms with E-state index in [4.69, 9.17) is 0 Å². The number of rotatable bonds is 6. The Labute approximate surface area is 209 Å². The van der Waals surface area contributed by atoms with Crippen LogP contribution in [0, 0.1) is 6.92 Å². The molecule has 2 aromatic heterocycles. The molecule has 1 aliphatic rings. The monoisotopic (exact) mass is 483 g/mol. The summed E-state index contributed by atoms with van der Waals surface area (Å²) in [4.78, 5) is 34.6. The molecule has 0 unspecified atom stereocenters. The highest BCUT2D eigenvalue weighted by molar-refractivity contribution is 7.12. The predicted octanol–water partition coefficient (Wildman–Crippen LogP) is 6.44. The zero-order valence-electron chi connectivity index (χ0n) is 19.8. The number of hydrogen-bond acceptors (Lipinski definition) is 4. The minimum absolute atomic E-state index is 0.136. The number of pyridine rings is 1. The number of amides is 2. The summed E-state index contributed by atoms with van der Waals surface area (Å²) in [6.45, 7) is 2.00. The van der Waals surface area contributed by atoms with E-state index in [1.165, 1.54) is 17.8 Å². The molecule has 1 aliphatic carbocycles. The average molecular weight is 484 g/mol. The molecule has 35 heavy (non-hydrogen) atoms. The van der Waals surface area contributed by atoms with Gasteiger partial charge in [0.2, 0.25) is 5.91 Å². The van der Waals surface area contributed by atoms with Gasteiger partial charge in [-0.15, -0.1) is 11.3 Å². The van der Waals surface area contributed by atoms with E-state index in [0.717, 1.165) is 47.7 Å². The molecule has 0 radical (unpaired) electrons. The van der Waals surface area contributed by atoms with Crippen LogP contribution in [0.5, 0.6) is 0 Å².